The highest BCUT2D eigenvalue weighted by molar-refractivity contribution is 5.93. The predicted molar refractivity (Wildman–Crippen MR) is 139 cm³/mol. The topological polar surface area (TPSA) is 91.0 Å². The first-order valence-corrected chi connectivity index (χ1v) is 13.3. The van der Waals surface area contributed by atoms with Crippen LogP contribution in [0.25, 0.3) is 16.9 Å². The van der Waals surface area contributed by atoms with Crippen LogP contribution in [0, 0.1) is 11.7 Å². The highest BCUT2D eigenvalue weighted by atomic mass is 19.1. The van der Waals surface area contributed by atoms with E-state index in [2.05, 4.69) is 17.0 Å². The Morgan fingerprint density at radius 3 is 2.68 bits per heavy atom. The number of hydrogen-bond donors (Lipinski definition) is 1. The van der Waals surface area contributed by atoms with E-state index in [-0.39, 0.29) is 11.9 Å². The van der Waals surface area contributed by atoms with E-state index in [1.54, 1.807) is 22.7 Å². The second-order valence-corrected chi connectivity index (χ2v) is 10.3. The van der Waals surface area contributed by atoms with Crippen LogP contribution in [0.15, 0.2) is 30.3 Å². The van der Waals surface area contributed by atoms with Crippen molar-refractivity contribution < 1.29 is 19.1 Å². The van der Waals surface area contributed by atoms with E-state index in [1.165, 1.54) is 6.07 Å². The molecule has 1 aromatic carbocycles. The van der Waals surface area contributed by atoms with Gasteiger partial charge in [0, 0.05) is 48.7 Å². The van der Waals surface area contributed by atoms with Gasteiger partial charge in [0.1, 0.15) is 11.5 Å². The zero-order valence-corrected chi connectivity index (χ0v) is 21.5. The Morgan fingerprint density at radius 1 is 1.08 bits per heavy atom. The third kappa shape index (κ3) is 5.04. The number of carbonyl (C=O) groups excluding carboxylic acids is 1. The number of aliphatic carboxylic acids is 1. The molecular formula is C28H34FN5O3. The van der Waals surface area contributed by atoms with Crippen LogP contribution >= 0.6 is 0 Å². The van der Waals surface area contributed by atoms with Crippen molar-refractivity contribution in [1.82, 2.24) is 19.5 Å². The highest BCUT2D eigenvalue weighted by Crippen LogP contribution is 2.30. The van der Waals surface area contributed by atoms with Gasteiger partial charge in [-0.1, -0.05) is 19.8 Å². The molecule has 1 amide bonds. The van der Waals surface area contributed by atoms with Crippen LogP contribution in [0.3, 0.4) is 0 Å². The van der Waals surface area contributed by atoms with Gasteiger partial charge in [0.2, 0.25) is 0 Å². The first-order valence-electron chi connectivity index (χ1n) is 13.3. The summed E-state index contributed by atoms with van der Waals surface area (Å²) in [5.74, 6) is -1.74. The third-order valence-electron chi connectivity index (χ3n) is 7.76. The summed E-state index contributed by atoms with van der Waals surface area (Å²) in [5, 5.41) is 14.0. The van der Waals surface area contributed by atoms with E-state index >= 15 is 4.39 Å². The lowest BCUT2D eigenvalue weighted by Crippen LogP contribution is -2.38. The van der Waals surface area contributed by atoms with E-state index in [4.69, 9.17) is 0 Å². The lowest BCUT2D eigenvalue weighted by atomic mass is 9.97. The van der Waals surface area contributed by atoms with Crippen molar-refractivity contribution in [3.8, 4) is 11.3 Å². The summed E-state index contributed by atoms with van der Waals surface area (Å²) < 4.78 is 17.0. The highest BCUT2D eigenvalue weighted by Gasteiger charge is 2.27. The maximum Gasteiger partial charge on any atom is 0.308 e. The molecule has 2 atom stereocenters. The van der Waals surface area contributed by atoms with E-state index in [0.29, 0.717) is 54.2 Å². The zero-order chi connectivity index (χ0) is 26.1. The Kier molecular flexibility index (Phi) is 7.13. The van der Waals surface area contributed by atoms with E-state index in [0.717, 1.165) is 44.3 Å². The van der Waals surface area contributed by atoms with E-state index in [9.17, 15) is 14.7 Å². The third-order valence-corrected chi connectivity index (χ3v) is 7.76. The number of carbonyl (C=O) groups is 2. The molecule has 1 N–H and O–H groups in total. The molecular weight excluding hydrogens is 473 g/mol. The number of anilines is 1. The van der Waals surface area contributed by atoms with Crippen LogP contribution in [0.5, 0.6) is 0 Å². The van der Waals surface area contributed by atoms with Crippen molar-refractivity contribution in [3.05, 3.63) is 47.5 Å². The number of amides is 1. The minimum absolute atomic E-state index is 0.0638. The van der Waals surface area contributed by atoms with Crippen LogP contribution in [-0.4, -0.2) is 62.2 Å². The molecule has 0 unspecified atom stereocenters. The minimum atomic E-state index is -0.811. The molecule has 3 aromatic rings. The van der Waals surface area contributed by atoms with Crippen LogP contribution in [0.2, 0.25) is 0 Å². The number of rotatable bonds is 5. The average molecular weight is 508 g/mol. The van der Waals surface area contributed by atoms with Gasteiger partial charge in [0.25, 0.3) is 5.91 Å². The molecule has 4 heterocycles. The molecule has 5 rings (SSSR count). The number of carboxylic acids is 1. The van der Waals surface area contributed by atoms with Crippen molar-refractivity contribution in [2.24, 2.45) is 5.92 Å². The molecule has 2 aliphatic rings. The van der Waals surface area contributed by atoms with Gasteiger partial charge in [0.05, 0.1) is 11.6 Å². The van der Waals surface area contributed by atoms with Crippen LogP contribution in [0.4, 0.5) is 10.1 Å². The number of aryl methyl sites for hydroxylation is 1. The fourth-order valence-electron chi connectivity index (χ4n) is 5.58. The smallest absolute Gasteiger partial charge is 0.308 e. The standard InChI is InChI=1S/C28H34FN5O3/c1-3-20-15-25(27(35)33-13-6-4-5-8-18(33)2)30-26-16-24(31-34(20)26)22-11-10-21(14-23(22)29)32-12-7-9-19(17-32)28(36)37/h10-11,14-16,18-19H,3-9,12-13,17H2,1-2H3,(H,36,37)/t18-,19-/m1/s1. The first kappa shape index (κ1) is 25.2. The average Bonchev–Trinajstić information content (AvgIpc) is 3.21. The molecule has 2 saturated heterocycles. The molecule has 0 spiro atoms. The number of piperidine rings is 1. The Balaban J connectivity index is 1.45. The number of fused-ring (bicyclic) bond motifs is 1. The Bertz CT molecular complexity index is 1320. The number of carboxylic acid groups (broad SMARTS) is 1. The van der Waals surface area contributed by atoms with Crippen molar-refractivity contribution in [1.29, 1.82) is 0 Å². The van der Waals surface area contributed by atoms with Crippen LogP contribution in [0.1, 0.15) is 68.6 Å². The summed E-state index contributed by atoms with van der Waals surface area (Å²) in [6, 6.07) is 8.66. The van der Waals surface area contributed by atoms with Gasteiger partial charge in [-0.3, -0.25) is 9.59 Å². The summed E-state index contributed by atoms with van der Waals surface area (Å²) >= 11 is 0. The van der Waals surface area contributed by atoms with Crippen molar-refractivity contribution in [2.75, 3.05) is 24.5 Å². The van der Waals surface area contributed by atoms with Gasteiger partial charge in [0.15, 0.2) is 5.65 Å². The van der Waals surface area contributed by atoms with Gasteiger partial charge < -0.3 is 14.9 Å². The summed E-state index contributed by atoms with van der Waals surface area (Å²) in [4.78, 5) is 33.3. The van der Waals surface area contributed by atoms with E-state index < -0.39 is 17.7 Å². The SMILES string of the molecule is CCc1cc(C(=O)N2CCCCC[C@H]2C)nc2cc(-c3ccc(N4CCC[C@@H](C(=O)O)C4)cc3F)nn12. The van der Waals surface area contributed by atoms with Crippen LogP contribution in [-0.2, 0) is 11.2 Å². The molecule has 8 nitrogen and oxygen atoms in total. The second-order valence-electron chi connectivity index (χ2n) is 10.3. The quantitative estimate of drug-likeness (QED) is 0.533. The summed E-state index contributed by atoms with van der Waals surface area (Å²) in [6.45, 7) is 5.90. The lowest BCUT2D eigenvalue weighted by molar-refractivity contribution is -0.141. The minimum Gasteiger partial charge on any atom is -0.481 e. The van der Waals surface area contributed by atoms with E-state index in [1.807, 2.05) is 22.8 Å². The van der Waals surface area contributed by atoms with Crippen molar-refractivity contribution >= 4 is 23.2 Å². The molecule has 196 valence electrons. The fraction of sp³-hybridized carbons (Fsp3) is 0.500. The number of aromatic nitrogens is 3. The zero-order valence-electron chi connectivity index (χ0n) is 21.5. The molecule has 37 heavy (non-hydrogen) atoms. The number of likely N-dealkylation sites (tertiary alicyclic amines) is 1. The molecule has 0 aliphatic carbocycles. The molecule has 0 bridgehead atoms. The van der Waals surface area contributed by atoms with Gasteiger partial charge in [-0.25, -0.2) is 13.9 Å². The number of nitrogens with zero attached hydrogens (tertiary/aromatic N) is 5. The molecule has 2 fully saturated rings. The Labute approximate surface area is 216 Å². The number of benzene rings is 1. The summed E-state index contributed by atoms with van der Waals surface area (Å²) in [7, 11) is 0. The molecule has 2 aromatic heterocycles. The van der Waals surface area contributed by atoms with Crippen molar-refractivity contribution in [3.63, 3.8) is 0 Å². The molecule has 2 aliphatic heterocycles. The van der Waals surface area contributed by atoms with Crippen LogP contribution < -0.4 is 4.90 Å². The predicted octanol–water partition coefficient (Wildman–Crippen LogP) is 4.80. The largest absolute Gasteiger partial charge is 0.481 e. The molecule has 0 saturated carbocycles. The fourth-order valence-corrected chi connectivity index (χ4v) is 5.58. The number of halogens is 1. The molecule has 0 radical (unpaired) electrons. The molecule has 9 heteroatoms. The van der Waals surface area contributed by atoms with Crippen molar-refractivity contribution in [2.45, 2.75) is 64.8 Å². The maximum absolute atomic E-state index is 15.3. The Hall–Kier alpha value is -3.49. The first-order chi connectivity index (χ1) is 17.9. The second kappa shape index (κ2) is 10.5. The monoisotopic (exact) mass is 507 g/mol. The van der Waals surface area contributed by atoms with Gasteiger partial charge >= 0.3 is 5.97 Å². The number of hydrogen-bond acceptors (Lipinski definition) is 5. The summed E-state index contributed by atoms with van der Waals surface area (Å²) in [5.41, 5.74) is 3.22. The summed E-state index contributed by atoms with van der Waals surface area (Å²) in [6.07, 6.45) is 6.31. The normalized spacial score (nSPS) is 20.7. The van der Waals surface area contributed by atoms with Gasteiger partial charge in [-0.2, -0.15) is 5.10 Å². The van der Waals surface area contributed by atoms with Gasteiger partial charge in [-0.15, -0.1) is 0 Å². The maximum atomic E-state index is 15.3. The Morgan fingerprint density at radius 2 is 1.92 bits per heavy atom. The lowest BCUT2D eigenvalue weighted by Gasteiger charge is -2.32. The van der Waals surface area contributed by atoms with Gasteiger partial charge in [-0.05, 0) is 63.3 Å².